The van der Waals surface area contributed by atoms with Crippen LogP contribution in [0.4, 0.5) is 34.1 Å². The number of benzene rings is 3. The predicted molar refractivity (Wildman–Crippen MR) is 143 cm³/mol. The van der Waals surface area contributed by atoms with Gasteiger partial charge < -0.3 is 35.2 Å². The molecule has 0 saturated carbocycles. The minimum Gasteiger partial charge on any atom is -0.494 e. The molecule has 37 heavy (non-hydrogen) atoms. The molecule has 0 atom stereocenters. The topological polar surface area (TPSA) is 158 Å². The van der Waals surface area contributed by atoms with Gasteiger partial charge in [0.05, 0.1) is 33.1 Å². The maximum Gasteiger partial charge on any atom is 0.192 e. The Balaban J connectivity index is 1.83. The van der Waals surface area contributed by atoms with Crippen molar-refractivity contribution >= 4 is 34.1 Å². The quantitative estimate of drug-likeness (QED) is 0.0987. The van der Waals surface area contributed by atoms with Crippen LogP contribution in [-0.4, -0.2) is 63.0 Å². The van der Waals surface area contributed by atoms with Gasteiger partial charge in [-0.15, -0.1) is 5.11 Å². The lowest BCUT2D eigenvalue weighted by Gasteiger charge is -2.24. The standard InChI is InChI=1S/C25H32N6O6/c1-30(22-9-4-17(26)14-25(22)37-34)29-21-16-23(35-2)20(15-24(21)36-3)28-27-18-5-7-19(8-6-18)31(10-12-32)11-13-33/h4-9,14-16,29,32-34H,10-13,26H2,1-3H3. The molecule has 0 aromatic heterocycles. The summed E-state index contributed by atoms with van der Waals surface area (Å²) in [6, 6.07) is 15.6. The molecular weight excluding hydrogens is 480 g/mol. The van der Waals surface area contributed by atoms with Crippen molar-refractivity contribution in [2.24, 2.45) is 10.2 Å². The van der Waals surface area contributed by atoms with E-state index in [2.05, 4.69) is 20.5 Å². The molecule has 198 valence electrons. The molecule has 0 aliphatic carbocycles. The van der Waals surface area contributed by atoms with Gasteiger partial charge in [-0.25, -0.2) is 5.26 Å². The molecule has 0 spiro atoms. The maximum atomic E-state index is 9.23. The first kappa shape index (κ1) is 27.3. The van der Waals surface area contributed by atoms with E-state index in [4.69, 9.17) is 15.2 Å². The number of aliphatic hydroxyl groups excluding tert-OH is 2. The van der Waals surface area contributed by atoms with Gasteiger partial charge in [-0.2, -0.15) is 5.11 Å². The maximum absolute atomic E-state index is 9.23. The molecule has 0 aliphatic heterocycles. The second-order valence-corrected chi connectivity index (χ2v) is 7.86. The number of ether oxygens (including phenoxy) is 2. The largest absolute Gasteiger partial charge is 0.494 e. The van der Waals surface area contributed by atoms with Crippen molar-refractivity contribution in [1.29, 1.82) is 0 Å². The summed E-state index contributed by atoms with van der Waals surface area (Å²) in [5, 5.41) is 38.0. The van der Waals surface area contributed by atoms with Crippen molar-refractivity contribution < 1.29 is 29.8 Å². The fraction of sp³-hybridized carbons (Fsp3) is 0.280. The molecule has 6 N–H and O–H groups in total. The summed E-state index contributed by atoms with van der Waals surface area (Å²) in [5.41, 5.74) is 12.4. The fourth-order valence-electron chi connectivity index (χ4n) is 3.62. The van der Waals surface area contributed by atoms with Gasteiger partial charge >= 0.3 is 0 Å². The summed E-state index contributed by atoms with van der Waals surface area (Å²) >= 11 is 0. The van der Waals surface area contributed by atoms with Gasteiger partial charge in [0.1, 0.15) is 28.6 Å². The van der Waals surface area contributed by atoms with Crippen LogP contribution in [0.1, 0.15) is 0 Å². The number of nitrogens with one attached hydrogen (secondary N) is 1. The highest BCUT2D eigenvalue weighted by molar-refractivity contribution is 5.72. The highest BCUT2D eigenvalue weighted by Crippen LogP contribution is 2.40. The van der Waals surface area contributed by atoms with Crippen molar-refractivity contribution in [3.63, 3.8) is 0 Å². The predicted octanol–water partition coefficient (Wildman–Crippen LogP) is 3.81. The van der Waals surface area contributed by atoms with Gasteiger partial charge in [0.2, 0.25) is 0 Å². The number of nitrogen functional groups attached to an aromatic ring is 1. The SMILES string of the molecule is COc1cc(NN(C)c2ccc(N)cc2OO)c(OC)cc1N=Nc1ccc(N(CCO)CCO)cc1. The second-order valence-electron chi connectivity index (χ2n) is 7.86. The third-order valence-corrected chi connectivity index (χ3v) is 5.46. The van der Waals surface area contributed by atoms with E-state index < -0.39 is 0 Å². The Hall–Kier alpha value is -4.26. The first-order chi connectivity index (χ1) is 17.9. The van der Waals surface area contributed by atoms with Gasteiger partial charge in [0.25, 0.3) is 0 Å². The number of nitrogens with two attached hydrogens (primary N) is 1. The van der Waals surface area contributed by atoms with E-state index in [0.29, 0.717) is 53.0 Å². The van der Waals surface area contributed by atoms with E-state index in [9.17, 15) is 15.5 Å². The number of hydrogen-bond acceptors (Lipinski definition) is 12. The number of anilines is 4. The zero-order valence-electron chi connectivity index (χ0n) is 21.0. The third kappa shape index (κ3) is 6.91. The van der Waals surface area contributed by atoms with Crippen LogP contribution in [0.15, 0.2) is 64.8 Å². The van der Waals surface area contributed by atoms with Crippen molar-refractivity contribution in [2.75, 3.05) is 68.6 Å². The van der Waals surface area contributed by atoms with Crippen molar-refractivity contribution in [1.82, 2.24) is 0 Å². The van der Waals surface area contributed by atoms with Crippen molar-refractivity contribution in [3.05, 3.63) is 54.6 Å². The minimum atomic E-state index is -0.0138. The van der Waals surface area contributed by atoms with E-state index in [-0.39, 0.29) is 19.0 Å². The molecule has 0 saturated heterocycles. The summed E-state index contributed by atoms with van der Waals surface area (Å²) in [7, 11) is 4.79. The Labute approximate surface area is 215 Å². The number of rotatable bonds is 13. The zero-order valence-corrected chi connectivity index (χ0v) is 21.0. The van der Waals surface area contributed by atoms with Gasteiger partial charge in [0.15, 0.2) is 5.75 Å². The summed E-state index contributed by atoms with van der Waals surface area (Å²) in [6.45, 7) is 0.807. The number of hydrazine groups is 1. The lowest BCUT2D eigenvalue weighted by atomic mass is 10.2. The highest BCUT2D eigenvalue weighted by Gasteiger charge is 2.16. The second kappa shape index (κ2) is 13.2. The van der Waals surface area contributed by atoms with Crippen molar-refractivity contribution in [3.8, 4) is 17.2 Å². The Morgan fingerprint density at radius 2 is 1.54 bits per heavy atom. The first-order valence-electron chi connectivity index (χ1n) is 11.4. The van der Waals surface area contributed by atoms with E-state index in [0.717, 1.165) is 5.69 Å². The molecule has 3 aromatic rings. The van der Waals surface area contributed by atoms with Crippen LogP contribution in [0.5, 0.6) is 17.2 Å². The van der Waals surface area contributed by atoms with E-state index >= 15 is 0 Å². The van der Waals surface area contributed by atoms with E-state index in [1.54, 1.807) is 48.5 Å². The number of methoxy groups -OCH3 is 2. The molecule has 12 heteroatoms. The number of azo groups is 1. The van der Waals surface area contributed by atoms with Crippen LogP contribution in [0, 0.1) is 0 Å². The smallest absolute Gasteiger partial charge is 0.192 e. The summed E-state index contributed by atoms with van der Waals surface area (Å²) in [5.74, 6) is 1.10. The van der Waals surface area contributed by atoms with Crippen LogP contribution in [0.25, 0.3) is 0 Å². The van der Waals surface area contributed by atoms with Crippen LogP contribution >= 0.6 is 0 Å². The lowest BCUT2D eigenvalue weighted by Crippen LogP contribution is -2.29. The molecule has 0 fully saturated rings. The molecule has 12 nitrogen and oxygen atoms in total. The molecular formula is C25H32N6O6. The Morgan fingerprint density at radius 3 is 2.14 bits per heavy atom. The number of nitrogens with zero attached hydrogens (tertiary/aromatic N) is 4. The Bertz CT molecular complexity index is 1190. The molecule has 0 bridgehead atoms. The van der Waals surface area contributed by atoms with Gasteiger partial charge in [-0.1, -0.05) is 0 Å². The van der Waals surface area contributed by atoms with Gasteiger partial charge in [-0.05, 0) is 36.4 Å². The average molecular weight is 513 g/mol. The summed E-state index contributed by atoms with van der Waals surface area (Å²) in [4.78, 5) is 6.33. The van der Waals surface area contributed by atoms with Gasteiger partial charge in [0, 0.05) is 49.7 Å². The van der Waals surface area contributed by atoms with Crippen molar-refractivity contribution in [2.45, 2.75) is 0 Å². The molecule has 0 heterocycles. The Kier molecular flexibility index (Phi) is 9.72. The monoisotopic (exact) mass is 512 g/mol. The average Bonchev–Trinajstić information content (AvgIpc) is 2.92. The van der Waals surface area contributed by atoms with Crippen LogP contribution in [-0.2, 0) is 0 Å². The normalized spacial score (nSPS) is 10.9. The zero-order chi connectivity index (χ0) is 26.8. The van der Waals surface area contributed by atoms with Crippen LogP contribution in [0.2, 0.25) is 0 Å². The number of aliphatic hydroxyl groups is 2. The third-order valence-electron chi connectivity index (χ3n) is 5.46. The van der Waals surface area contributed by atoms with Crippen LogP contribution in [0.3, 0.4) is 0 Å². The summed E-state index contributed by atoms with van der Waals surface area (Å²) in [6.07, 6.45) is 0. The number of hydrogen-bond donors (Lipinski definition) is 5. The molecule has 0 aliphatic rings. The van der Waals surface area contributed by atoms with E-state index in [1.165, 1.54) is 20.3 Å². The van der Waals surface area contributed by atoms with Crippen LogP contribution < -0.4 is 35.4 Å². The molecule has 0 radical (unpaired) electrons. The van der Waals surface area contributed by atoms with E-state index in [1.807, 2.05) is 17.0 Å². The first-order valence-corrected chi connectivity index (χ1v) is 11.4. The minimum absolute atomic E-state index is 0.0138. The lowest BCUT2D eigenvalue weighted by molar-refractivity contribution is -0.137. The highest BCUT2D eigenvalue weighted by atomic mass is 17.1. The molecule has 0 unspecified atom stereocenters. The molecule has 0 amide bonds. The molecule has 3 rings (SSSR count). The Morgan fingerprint density at radius 1 is 0.865 bits per heavy atom. The van der Waals surface area contributed by atoms with Gasteiger partial charge in [-0.3, -0.25) is 10.4 Å². The summed E-state index contributed by atoms with van der Waals surface area (Å²) < 4.78 is 11.1. The fourth-order valence-corrected chi connectivity index (χ4v) is 3.62. The molecule has 3 aromatic carbocycles.